The summed E-state index contributed by atoms with van der Waals surface area (Å²) in [5.41, 5.74) is -0.0587. The Morgan fingerprint density at radius 1 is 1.18 bits per heavy atom. The van der Waals surface area contributed by atoms with E-state index >= 15 is 0 Å². The van der Waals surface area contributed by atoms with Gasteiger partial charge in [-0.3, -0.25) is 4.79 Å². The van der Waals surface area contributed by atoms with E-state index in [-0.39, 0.29) is 17.8 Å². The van der Waals surface area contributed by atoms with E-state index in [1.165, 1.54) is 12.8 Å². The standard InChI is InChI=1S/C13H24N2O.ClH/c1-10-8-15(9-11(2)14-10)12(16)13(3)6-4-5-7-13;/h10-11,14H,4-9H2,1-3H3;1H. The molecule has 2 rings (SSSR count). The van der Waals surface area contributed by atoms with Gasteiger partial charge < -0.3 is 10.2 Å². The molecule has 0 radical (unpaired) electrons. The van der Waals surface area contributed by atoms with Gasteiger partial charge in [0.1, 0.15) is 0 Å². The van der Waals surface area contributed by atoms with E-state index in [0.29, 0.717) is 18.0 Å². The molecule has 3 nitrogen and oxygen atoms in total. The highest BCUT2D eigenvalue weighted by Crippen LogP contribution is 2.39. The zero-order chi connectivity index (χ0) is 11.8. The maximum atomic E-state index is 12.5. The summed E-state index contributed by atoms with van der Waals surface area (Å²) in [7, 11) is 0. The van der Waals surface area contributed by atoms with Crippen LogP contribution in [0.4, 0.5) is 0 Å². The summed E-state index contributed by atoms with van der Waals surface area (Å²) >= 11 is 0. The van der Waals surface area contributed by atoms with Crippen molar-refractivity contribution in [1.29, 1.82) is 0 Å². The zero-order valence-corrected chi connectivity index (χ0v) is 12.0. The SMILES string of the molecule is CC1CN(C(=O)C2(C)CCCC2)CC(C)N1.Cl. The first kappa shape index (κ1) is 14.8. The lowest BCUT2D eigenvalue weighted by Crippen LogP contribution is -2.58. The van der Waals surface area contributed by atoms with Crippen LogP contribution in [0, 0.1) is 5.41 Å². The van der Waals surface area contributed by atoms with Gasteiger partial charge in [-0.1, -0.05) is 19.8 Å². The van der Waals surface area contributed by atoms with Gasteiger partial charge in [-0.15, -0.1) is 12.4 Å². The predicted molar refractivity (Wildman–Crippen MR) is 72.5 cm³/mol. The van der Waals surface area contributed by atoms with Crippen LogP contribution in [0.15, 0.2) is 0 Å². The highest BCUT2D eigenvalue weighted by atomic mass is 35.5. The number of carbonyl (C=O) groups excluding carboxylic acids is 1. The van der Waals surface area contributed by atoms with Crippen molar-refractivity contribution in [3.8, 4) is 0 Å². The molecular formula is C13H25ClN2O. The molecule has 1 amide bonds. The second kappa shape index (κ2) is 5.57. The first-order chi connectivity index (χ1) is 7.51. The molecule has 0 aromatic rings. The van der Waals surface area contributed by atoms with Gasteiger partial charge in [0, 0.05) is 30.6 Å². The molecule has 1 saturated heterocycles. The Labute approximate surface area is 111 Å². The summed E-state index contributed by atoms with van der Waals surface area (Å²) in [5.74, 6) is 0.394. The quantitative estimate of drug-likeness (QED) is 0.784. The molecule has 1 aliphatic carbocycles. The van der Waals surface area contributed by atoms with Crippen LogP contribution in [-0.4, -0.2) is 36.0 Å². The van der Waals surface area contributed by atoms with Crippen molar-refractivity contribution in [3.05, 3.63) is 0 Å². The second-order valence-corrected chi connectivity index (χ2v) is 5.95. The lowest BCUT2D eigenvalue weighted by atomic mass is 9.86. The molecule has 4 heteroatoms. The molecule has 1 N–H and O–H groups in total. The van der Waals surface area contributed by atoms with Crippen molar-refractivity contribution in [2.45, 2.75) is 58.5 Å². The number of hydrogen-bond acceptors (Lipinski definition) is 2. The number of piperazine rings is 1. The molecule has 0 aromatic carbocycles. The first-order valence-corrected chi connectivity index (χ1v) is 6.57. The fraction of sp³-hybridized carbons (Fsp3) is 0.923. The summed E-state index contributed by atoms with van der Waals surface area (Å²) in [6, 6.07) is 0.857. The van der Waals surface area contributed by atoms with E-state index in [4.69, 9.17) is 0 Å². The lowest BCUT2D eigenvalue weighted by molar-refractivity contribution is -0.142. The van der Waals surface area contributed by atoms with E-state index in [1.807, 2.05) is 0 Å². The van der Waals surface area contributed by atoms with Crippen molar-refractivity contribution in [3.63, 3.8) is 0 Å². The number of rotatable bonds is 1. The van der Waals surface area contributed by atoms with Crippen LogP contribution < -0.4 is 5.32 Å². The molecule has 0 aromatic heterocycles. The fourth-order valence-electron chi connectivity index (χ4n) is 3.24. The van der Waals surface area contributed by atoms with Crippen LogP contribution >= 0.6 is 12.4 Å². The molecule has 100 valence electrons. The first-order valence-electron chi connectivity index (χ1n) is 6.57. The molecule has 0 spiro atoms. The number of carbonyl (C=O) groups is 1. The Morgan fingerprint density at radius 3 is 2.12 bits per heavy atom. The molecule has 0 bridgehead atoms. The molecular weight excluding hydrogens is 236 g/mol. The van der Waals surface area contributed by atoms with Crippen LogP contribution in [0.5, 0.6) is 0 Å². The number of amides is 1. The maximum Gasteiger partial charge on any atom is 0.228 e. The van der Waals surface area contributed by atoms with Gasteiger partial charge in [-0.25, -0.2) is 0 Å². The fourth-order valence-corrected chi connectivity index (χ4v) is 3.24. The number of hydrogen-bond donors (Lipinski definition) is 1. The monoisotopic (exact) mass is 260 g/mol. The van der Waals surface area contributed by atoms with Crippen molar-refractivity contribution >= 4 is 18.3 Å². The number of nitrogens with one attached hydrogen (secondary N) is 1. The summed E-state index contributed by atoms with van der Waals surface area (Å²) in [6.45, 7) is 8.22. The van der Waals surface area contributed by atoms with Gasteiger partial charge in [0.15, 0.2) is 0 Å². The molecule has 17 heavy (non-hydrogen) atoms. The summed E-state index contributed by atoms with van der Waals surface area (Å²) < 4.78 is 0. The highest BCUT2D eigenvalue weighted by molar-refractivity contribution is 5.85. The van der Waals surface area contributed by atoms with Crippen LogP contribution in [0.2, 0.25) is 0 Å². The Kier molecular flexibility index (Phi) is 4.85. The maximum absolute atomic E-state index is 12.5. The van der Waals surface area contributed by atoms with Crippen molar-refractivity contribution in [1.82, 2.24) is 10.2 Å². The smallest absolute Gasteiger partial charge is 0.228 e. The highest BCUT2D eigenvalue weighted by Gasteiger charge is 2.40. The van der Waals surface area contributed by atoms with Gasteiger partial charge in [0.25, 0.3) is 0 Å². The van der Waals surface area contributed by atoms with Crippen molar-refractivity contribution < 1.29 is 4.79 Å². The summed E-state index contributed by atoms with van der Waals surface area (Å²) in [4.78, 5) is 14.6. The molecule has 2 unspecified atom stereocenters. The molecule has 1 saturated carbocycles. The Bertz CT molecular complexity index is 267. The molecule has 1 heterocycles. The number of halogens is 1. The Morgan fingerprint density at radius 2 is 1.65 bits per heavy atom. The van der Waals surface area contributed by atoms with E-state index in [0.717, 1.165) is 25.9 Å². The minimum Gasteiger partial charge on any atom is -0.339 e. The molecule has 2 fully saturated rings. The van der Waals surface area contributed by atoms with E-state index in [1.54, 1.807) is 0 Å². The van der Waals surface area contributed by atoms with E-state index in [9.17, 15) is 4.79 Å². The largest absolute Gasteiger partial charge is 0.339 e. The van der Waals surface area contributed by atoms with Gasteiger partial charge in [0.05, 0.1) is 0 Å². The topological polar surface area (TPSA) is 32.3 Å². The third-order valence-corrected chi connectivity index (χ3v) is 4.07. The predicted octanol–water partition coefficient (Wildman–Crippen LogP) is 2.20. The van der Waals surface area contributed by atoms with Gasteiger partial charge in [-0.05, 0) is 26.7 Å². The van der Waals surface area contributed by atoms with Gasteiger partial charge in [0.2, 0.25) is 5.91 Å². The average molecular weight is 261 g/mol. The average Bonchev–Trinajstić information content (AvgIpc) is 2.64. The third-order valence-electron chi connectivity index (χ3n) is 4.07. The minimum atomic E-state index is -0.0587. The zero-order valence-electron chi connectivity index (χ0n) is 11.2. The Balaban J connectivity index is 0.00000144. The van der Waals surface area contributed by atoms with Crippen molar-refractivity contribution in [2.24, 2.45) is 5.41 Å². The Hall–Kier alpha value is -0.280. The second-order valence-electron chi connectivity index (χ2n) is 5.95. The summed E-state index contributed by atoms with van der Waals surface area (Å²) in [5, 5.41) is 3.47. The van der Waals surface area contributed by atoms with E-state index in [2.05, 4.69) is 31.0 Å². The lowest BCUT2D eigenvalue weighted by Gasteiger charge is -2.40. The van der Waals surface area contributed by atoms with Gasteiger partial charge >= 0.3 is 0 Å². The van der Waals surface area contributed by atoms with Crippen LogP contribution in [0.1, 0.15) is 46.5 Å². The normalized spacial score (nSPS) is 32.1. The van der Waals surface area contributed by atoms with Crippen LogP contribution in [0.3, 0.4) is 0 Å². The number of nitrogens with zero attached hydrogens (tertiary/aromatic N) is 1. The minimum absolute atomic E-state index is 0. The van der Waals surface area contributed by atoms with E-state index < -0.39 is 0 Å². The van der Waals surface area contributed by atoms with Gasteiger partial charge in [-0.2, -0.15) is 0 Å². The third kappa shape index (κ3) is 3.14. The van der Waals surface area contributed by atoms with Crippen LogP contribution in [-0.2, 0) is 4.79 Å². The molecule has 1 aliphatic heterocycles. The molecule has 2 atom stereocenters. The summed E-state index contributed by atoms with van der Waals surface area (Å²) in [6.07, 6.45) is 4.61. The van der Waals surface area contributed by atoms with Crippen molar-refractivity contribution in [2.75, 3.05) is 13.1 Å². The molecule has 2 aliphatic rings. The van der Waals surface area contributed by atoms with Crippen LogP contribution in [0.25, 0.3) is 0 Å².